The lowest BCUT2D eigenvalue weighted by Crippen LogP contribution is -2.12. The van der Waals surface area contributed by atoms with Gasteiger partial charge in [-0.05, 0) is 12.8 Å². The molecule has 0 saturated heterocycles. The summed E-state index contributed by atoms with van der Waals surface area (Å²) in [5.41, 5.74) is 0.536. The van der Waals surface area contributed by atoms with E-state index < -0.39 is 6.10 Å². The predicted octanol–water partition coefficient (Wildman–Crippen LogP) is 2.21. The number of benzene rings is 1. The first-order chi connectivity index (χ1) is 8.13. The molecule has 0 aliphatic heterocycles. The summed E-state index contributed by atoms with van der Waals surface area (Å²) in [6, 6.07) is 8.76. The summed E-state index contributed by atoms with van der Waals surface area (Å²) in [6.07, 6.45) is -0.256. The molecule has 0 N–H and O–H groups in total. The third kappa shape index (κ3) is 4.52. The van der Waals surface area contributed by atoms with E-state index in [0.29, 0.717) is 12.0 Å². The van der Waals surface area contributed by atoms with Crippen LogP contribution in [0.5, 0.6) is 0 Å². The second-order valence-electron chi connectivity index (χ2n) is 3.45. The van der Waals surface area contributed by atoms with Crippen molar-refractivity contribution < 1.29 is 14.3 Å². The van der Waals surface area contributed by atoms with Crippen molar-refractivity contribution in [3.8, 4) is 11.8 Å². The number of hydrogen-bond acceptors (Lipinski definition) is 3. The SMILES string of the molecule is CCC(=O)OC(C)C#CC(=O)c1ccccc1. The van der Waals surface area contributed by atoms with E-state index >= 15 is 0 Å². The maximum absolute atomic E-state index is 11.6. The molecule has 0 heterocycles. The number of esters is 1. The zero-order valence-corrected chi connectivity index (χ0v) is 9.90. The number of rotatable bonds is 3. The molecule has 1 aromatic carbocycles. The van der Waals surface area contributed by atoms with Gasteiger partial charge in [0, 0.05) is 12.0 Å². The van der Waals surface area contributed by atoms with Crippen molar-refractivity contribution in [2.24, 2.45) is 0 Å². The Kier molecular flexibility index (Phi) is 4.96. The molecular weight excluding hydrogens is 216 g/mol. The smallest absolute Gasteiger partial charge is 0.306 e. The Bertz CT molecular complexity index is 451. The molecule has 88 valence electrons. The first-order valence-corrected chi connectivity index (χ1v) is 5.44. The van der Waals surface area contributed by atoms with Crippen LogP contribution in [0.4, 0.5) is 0 Å². The first-order valence-electron chi connectivity index (χ1n) is 5.44. The molecule has 0 saturated carbocycles. The van der Waals surface area contributed by atoms with Gasteiger partial charge in [0.2, 0.25) is 5.78 Å². The van der Waals surface area contributed by atoms with Crippen LogP contribution in [0, 0.1) is 11.8 Å². The average Bonchev–Trinajstić information content (AvgIpc) is 2.36. The van der Waals surface area contributed by atoms with E-state index in [0.717, 1.165) is 0 Å². The number of hydrogen-bond donors (Lipinski definition) is 0. The minimum absolute atomic E-state index is 0.273. The number of carbonyl (C=O) groups excluding carboxylic acids is 2. The Balaban J connectivity index is 2.60. The lowest BCUT2D eigenvalue weighted by atomic mass is 10.1. The van der Waals surface area contributed by atoms with E-state index in [1.807, 2.05) is 6.07 Å². The summed E-state index contributed by atoms with van der Waals surface area (Å²) in [5, 5.41) is 0. The fourth-order valence-corrected chi connectivity index (χ4v) is 1.14. The summed E-state index contributed by atoms with van der Waals surface area (Å²) >= 11 is 0. The number of ketones is 1. The number of ether oxygens (including phenoxy) is 1. The zero-order chi connectivity index (χ0) is 12.7. The number of carbonyl (C=O) groups is 2. The summed E-state index contributed by atoms with van der Waals surface area (Å²) in [4.78, 5) is 22.6. The molecule has 1 atom stereocenters. The van der Waals surface area contributed by atoms with Gasteiger partial charge in [-0.2, -0.15) is 0 Å². The first kappa shape index (κ1) is 13.0. The van der Waals surface area contributed by atoms with Crippen molar-refractivity contribution in [3.05, 3.63) is 35.9 Å². The predicted molar refractivity (Wildman–Crippen MR) is 64.4 cm³/mol. The van der Waals surface area contributed by atoms with Crippen molar-refractivity contribution >= 4 is 11.8 Å². The third-order valence-corrected chi connectivity index (χ3v) is 2.02. The normalized spacial score (nSPS) is 10.9. The van der Waals surface area contributed by atoms with Gasteiger partial charge in [-0.3, -0.25) is 9.59 Å². The highest BCUT2D eigenvalue weighted by atomic mass is 16.5. The lowest BCUT2D eigenvalue weighted by molar-refractivity contribution is -0.145. The summed E-state index contributed by atoms with van der Waals surface area (Å²) in [5.74, 6) is 4.47. The van der Waals surface area contributed by atoms with Gasteiger partial charge < -0.3 is 4.74 Å². The Labute approximate surface area is 101 Å². The zero-order valence-electron chi connectivity index (χ0n) is 9.90. The Hall–Kier alpha value is -2.08. The van der Waals surface area contributed by atoms with Crippen molar-refractivity contribution in [3.63, 3.8) is 0 Å². The Morgan fingerprint density at radius 2 is 1.94 bits per heavy atom. The standard InChI is InChI=1S/C14H14O3/c1-3-14(16)17-11(2)9-10-13(15)12-7-5-4-6-8-12/h4-8,11H,3H2,1-2H3. The molecule has 3 heteroatoms. The molecule has 0 amide bonds. The quantitative estimate of drug-likeness (QED) is 0.346. The van der Waals surface area contributed by atoms with E-state index in [9.17, 15) is 9.59 Å². The van der Waals surface area contributed by atoms with Crippen molar-refractivity contribution in [2.45, 2.75) is 26.4 Å². The van der Waals surface area contributed by atoms with Crippen LogP contribution in [-0.2, 0) is 9.53 Å². The van der Waals surface area contributed by atoms with Gasteiger partial charge in [0.05, 0.1) is 0 Å². The largest absolute Gasteiger partial charge is 0.449 e. The minimum atomic E-state index is -0.560. The van der Waals surface area contributed by atoms with Crippen LogP contribution in [0.25, 0.3) is 0 Å². The highest BCUT2D eigenvalue weighted by Gasteiger charge is 2.04. The van der Waals surface area contributed by atoms with Gasteiger partial charge >= 0.3 is 5.97 Å². The third-order valence-electron chi connectivity index (χ3n) is 2.02. The fraction of sp³-hybridized carbons (Fsp3) is 0.286. The summed E-state index contributed by atoms with van der Waals surface area (Å²) < 4.78 is 4.92. The van der Waals surface area contributed by atoms with Gasteiger partial charge in [-0.25, -0.2) is 0 Å². The van der Waals surface area contributed by atoms with Gasteiger partial charge in [0.25, 0.3) is 0 Å². The topological polar surface area (TPSA) is 43.4 Å². The minimum Gasteiger partial charge on any atom is -0.449 e. The molecule has 0 fully saturated rings. The van der Waals surface area contributed by atoms with Gasteiger partial charge in [-0.1, -0.05) is 43.2 Å². The van der Waals surface area contributed by atoms with Crippen molar-refractivity contribution in [1.29, 1.82) is 0 Å². The molecule has 0 aliphatic rings. The van der Waals surface area contributed by atoms with E-state index in [4.69, 9.17) is 4.74 Å². The van der Waals surface area contributed by atoms with Crippen LogP contribution in [-0.4, -0.2) is 17.9 Å². The Morgan fingerprint density at radius 3 is 2.53 bits per heavy atom. The second kappa shape index (κ2) is 6.49. The average molecular weight is 230 g/mol. The maximum Gasteiger partial charge on any atom is 0.306 e. The molecule has 0 aromatic heterocycles. The highest BCUT2D eigenvalue weighted by Crippen LogP contribution is 1.99. The summed E-state index contributed by atoms with van der Waals surface area (Å²) in [6.45, 7) is 3.34. The van der Waals surface area contributed by atoms with Gasteiger partial charge in [0.15, 0.2) is 6.10 Å². The molecule has 0 spiro atoms. The molecular formula is C14H14O3. The number of Topliss-reactive ketones (excluding diaryl/α,β-unsaturated/α-hetero) is 1. The monoisotopic (exact) mass is 230 g/mol. The van der Waals surface area contributed by atoms with Crippen LogP contribution in [0.15, 0.2) is 30.3 Å². The van der Waals surface area contributed by atoms with E-state index in [-0.39, 0.29) is 11.8 Å². The molecule has 1 unspecified atom stereocenters. The Morgan fingerprint density at radius 1 is 1.29 bits per heavy atom. The van der Waals surface area contributed by atoms with E-state index in [1.54, 1.807) is 38.1 Å². The van der Waals surface area contributed by atoms with Crippen LogP contribution in [0.2, 0.25) is 0 Å². The molecule has 1 aromatic rings. The van der Waals surface area contributed by atoms with Crippen LogP contribution in [0.1, 0.15) is 30.6 Å². The van der Waals surface area contributed by atoms with Crippen LogP contribution < -0.4 is 0 Å². The molecule has 17 heavy (non-hydrogen) atoms. The van der Waals surface area contributed by atoms with Crippen LogP contribution >= 0.6 is 0 Å². The lowest BCUT2D eigenvalue weighted by Gasteiger charge is -2.04. The fourth-order valence-electron chi connectivity index (χ4n) is 1.14. The molecule has 0 bridgehead atoms. The summed E-state index contributed by atoms with van der Waals surface area (Å²) in [7, 11) is 0. The van der Waals surface area contributed by atoms with Crippen molar-refractivity contribution in [2.75, 3.05) is 0 Å². The van der Waals surface area contributed by atoms with Crippen LogP contribution in [0.3, 0.4) is 0 Å². The molecule has 0 radical (unpaired) electrons. The van der Waals surface area contributed by atoms with E-state index in [2.05, 4.69) is 11.8 Å². The van der Waals surface area contributed by atoms with Gasteiger partial charge in [-0.15, -0.1) is 0 Å². The maximum atomic E-state index is 11.6. The molecule has 1 rings (SSSR count). The highest BCUT2D eigenvalue weighted by molar-refractivity contribution is 6.09. The molecule has 0 aliphatic carbocycles. The van der Waals surface area contributed by atoms with Gasteiger partial charge in [0.1, 0.15) is 0 Å². The van der Waals surface area contributed by atoms with E-state index in [1.165, 1.54) is 0 Å². The van der Waals surface area contributed by atoms with Crippen molar-refractivity contribution in [1.82, 2.24) is 0 Å². The second-order valence-corrected chi connectivity index (χ2v) is 3.45. The molecule has 3 nitrogen and oxygen atoms in total.